The molecule has 3 amide bonds. The maximum absolute atomic E-state index is 11.8. The Morgan fingerprint density at radius 2 is 2.12 bits per heavy atom. The van der Waals surface area contributed by atoms with Gasteiger partial charge < -0.3 is 20.6 Å². The van der Waals surface area contributed by atoms with Crippen molar-refractivity contribution >= 4 is 17.9 Å². The topological polar surface area (TPSA) is 98.7 Å². The minimum absolute atomic E-state index is 0.237. The van der Waals surface area contributed by atoms with E-state index in [1.165, 1.54) is 18.7 Å². The number of urea groups is 1. The Morgan fingerprint density at radius 3 is 2.65 bits per heavy atom. The third kappa shape index (κ3) is 2.86. The molecule has 0 spiro atoms. The number of carboxylic acid groups (broad SMARTS) is 1. The molecule has 0 saturated carbocycles. The second-order valence-electron chi connectivity index (χ2n) is 4.52. The van der Waals surface area contributed by atoms with Crippen LogP contribution < -0.4 is 10.6 Å². The Bertz CT molecular complexity index is 353. The van der Waals surface area contributed by atoms with Gasteiger partial charge >= 0.3 is 12.0 Å². The third-order valence-electron chi connectivity index (χ3n) is 2.71. The van der Waals surface area contributed by atoms with E-state index in [0.717, 1.165) is 0 Å². The zero-order chi connectivity index (χ0) is 13.2. The highest BCUT2D eigenvalue weighted by molar-refractivity contribution is 5.90. The summed E-state index contributed by atoms with van der Waals surface area (Å²) in [4.78, 5) is 35.4. The maximum atomic E-state index is 11.8. The molecule has 1 saturated heterocycles. The van der Waals surface area contributed by atoms with Gasteiger partial charge in [0.15, 0.2) is 0 Å². The number of carbonyl (C=O) groups is 3. The van der Waals surface area contributed by atoms with Crippen LogP contribution in [-0.4, -0.2) is 52.6 Å². The Kier molecular flexibility index (Phi) is 3.59. The van der Waals surface area contributed by atoms with Gasteiger partial charge in [0.25, 0.3) is 0 Å². The van der Waals surface area contributed by atoms with E-state index in [0.29, 0.717) is 13.1 Å². The van der Waals surface area contributed by atoms with E-state index in [2.05, 4.69) is 10.6 Å². The van der Waals surface area contributed by atoms with Crippen LogP contribution in [0, 0.1) is 0 Å². The standard InChI is InChI=1S/C10H17N3O4/c1-6-7(14)11-4-5-13(6)9(17)12-10(2,3)8(15)16/h6H,4-5H2,1-3H3,(H,11,14)(H,12,17)(H,15,16). The molecule has 0 aromatic heterocycles. The fourth-order valence-electron chi connectivity index (χ4n) is 1.45. The first-order chi connectivity index (χ1) is 7.75. The van der Waals surface area contributed by atoms with Crippen LogP contribution in [0.5, 0.6) is 0 Å². The third-order valence-corrected chi connectivity index (χ3v) is 2.71. The number of hydrogen-bond donors (Lipinski definition) is 3. The summed E-state index contributed by atoms with van der Waals surface area (Å²) in [5.74, 6) is -1.36. The van der Waals surface area contributed by atoms with Gasteiger partial charge in [-0.3, -0.25) is 4.79 Å². The highest BCUT2D eigenvalue weighted by Crippen LogP contribution is 2.08. The van der Waals surface area contributed by atoms with Gasteiger partial charge in [0, 0.05) is 13.1 Å². The average molecular weight is 243 g/mol. The molecular weight excluding hydrogens is 226 g/mol. The summed E-state index contributed by atoms with van der Waals surface area (Å²) in [6, 6.07) is -1.13. The van der Waals surface area contributed by atoms with Crippen molar-refractivity contribution in [2.75, 3.05) is 13.1 Å². The van der Waals surface area contributed by atoms with Gasteiger partial charge in [-0.05, 0) is 20.8 Å². The van der Waals surface area contributed by atoms with E-state index in [-0.39, 0.29) is 5.91 Å². The van der Waals surface area contributed by atoms with Crippen molar-refractivity contribution in [2.24, 2.45) is 0 Å². The fourth-order valence-corrected chi connectivity index (χ4v) is 1.45. The molecule has 3 N–H and O–H groups in total. The molecule has 1 fully saturated rings. The Hall–Kier alpha value is -1.79. The van der Waals surface area contributed by atoms with Gasteiger partial charge in [-0.25, -0.2) is 9.59 Å². The van der Waals surface area contributed by atoms with Gasteiger partial charge in [0.05, 0.1) is 0 Å². The lowest BCUT2D eigenvalue weighted by Gasteiger charge is -2.35. The molecule has 0 bridgehead atoms. The summed E-state index contributed by atoms with van der Waals surface area (Å²) in [7, 11) is 0. The van der Waals surface area contributed by atoms with Crippen molar-refractivity contribution in [3.63, 3.8) is 0 Å². The normalized spacial score (nSPS) is 20.8. The van der Waals surface area contributed by atoms with Crippen molar-refractivity contribution in [3.05, 3.63) is 0 Å². The Labute approximate surface area is 99.2 Å². The molecule has 96 valence electrons. The van der Waals surface area contributed by atoms with Crippen LogP contribution in [0.25, 0.3) is 0 Å². The summed E-state index contributed by atoms with van der Waals surface area (Å²) >= 11 is 0. The summed E-state index contributed by atoms with van der Waals surface area (Å²) in [6.07, 6.45) is 0. The lowest BCUT2D eigenvalue weighted by molar-refractivity contribution is -0.143. The Balaban J connectivity index is 2.70. The van der Waals surface area contributed by atoms with Crippen LogP contribution in [0.1, 0.15) is 20.8 Å². The minimum Gasteiger partial charge on any atom is -0.480 e. The van der Waals surface area contributed by atoms with Gasteiger partial charge in [-0.15, -0.1) is 0 Å². The van der Waals surface area contributed by atoms with Crippen LogP contribution in [0.3, 0.4) is 0 Å². The SMILES string of the molecule is CC1C(=O)NCCN1C(=O)NC(C)(C)C(=O)O. The molecule has 1 aliphatic heterocycles. The second kappa shape index (κ2) is 4.60. The van der Waals surface area contributed by atoms with Crippen LogP contribution in [0.15, 0.2) is 0 Å². The predicted octanol–water partition coefficient (Wildman–Crippen LogP) is -0.620. The molecule has 1 unspecified atom stereocenters. The molecule has 0 radical (unpaired) electrons. The molecule has 1 heterocycles. The van der Waals surface area contributed by atoms with Crippen LogP contribution in [-0.2, 0) is 9.59 Å². The van der Waals surface area contributed by atoms with Crippen LogP contribution >= 0.6 is 0 Å². The largest absolute Gasteiger partial charge is 0.480 e. The molecule has 1 atom stereocenters. The number of piperazine rings is 1. The second-order valence-corrected chi connectivity index (χ2v) is 4.52. The van der Waals surface area contributed by atoms with Gasteiger partial charge in [0.2, 0.25) is 5.91 Å². The van der Waals surface area contributed by atoms with E-state index in [1.807, 2.05) is 0 Å². The highest BCUT2D eigenvalue weighted by atomic mass is 16.4. The summed E-state index contributed by atoms with van der Waals surface area (Å²) < 4.78 is 0. The van der Waals surface area contributed by atoms with E-state index >= 15 is 0 Å². The van der Waals surface area contributed by atoms with Crippen molar-refractivity contribution in [2.45, 2.75) is 32.4 Å². The zero-order valence-corrected chi connectivity index (χ0v) is 10.1. The molecule has 1 aliphatic rings. The predicted molar refractivity (Wildman–Crippen MR) is 59.4 cm³/mol. The number of amides is 3. The first-order valence-corrected chi connectivity index (χ1v) is 5.35. The Morgan fingerprint density at radius 1 is 1.53 bits per heavy atom. The first kappa shape index (κ1) is 13.3. The number of aliphatic carboxylic acids is 1. The molecule has 17 heavy (non-hydrogen) atoms. The summed E-state index contributed by atoms with van der Waals surface area (Å²) in [5, 5.41) is 13.9. The monoisotopic (exact) mass is 243 g/mol. The van der Waals surface area contributed by atoms with Crippen LogP contribution in [0.2, 0.25) is 0 Å². The van der Waals surface area contributed by atoms with E-state index in [1.54, 1.807) is 6.92 Å². The van der Waals surface area contributed by atoms with Gasteiger partial charge in [-0.2, -0.15) is 0 Å². The van der Waals surface area contributed by atoms with Crippen molar-refractivity contribution in [1.82, 2.24) is 15.5 Å². The smallest absolute Gasteiger partial charge is 0.328 e. The number of nitrogens with zero attached hydrogens (tertiary/aromatic N) is 1. The molecular formula is C10H17N3O4. The van der Waals surface area contributed by atoms with Gasteiger partial charge in [-0.1, -0.05) is 0 Å². The maximum Gasteiger partial charge on any atom is 0.328 e. The molecule has 0 aromatic rings. The molecule has 0 aliphatic carbocycles. The molecule has 7 heteroatoms. The average Bonchev–Trinajstić information content (AvgIpc) is 2.21. The molecule has 1 rings (SSSR count). The van der Waals surface area contributed by atoms with Crippen LogP contribution in [0.4, 0.5) is 4.79 Å². The number of carboxylic acids is 1. The quantitative estimate of drug-likeness (QED) is 0.602. The number of nitrogens with one attached hydrogen (secondary N) is 2. The number of rotatable bonds is 2. The molecule has 7 nitrogen and oxygen atoms in total. The van der Waals surface area contributed by atoms with Crippen molar-refractivity contribution in [1.29, 1.82) is 0 Å². The highest BCUT2D eigenvalue weighted by Gasteiger charge is 2.35. The van der Waals surface area contributed by atoms with E-state index in [9.17, 15) is 14.4 Å². The van der Waals surface area contributed by atoms with Crippen molar-refractivity contribution in [3.8, 4) is 0 Å². The van der Waals surface area contributed by atoms with E-state index < -0.39 is 23.6 Å². The zero-order valence-electron chi connectivity index (χ0n) is 10.1. The summed E-state index contributed by atoms with van der Waals surface area (Å²) in [6.45, 7) is 5.13. The summed E-state index contributed by atoms with van der Waals surface area (Å²) in [5.41, 5.74) is -1.36. The van der Waals surface area contributed by atoms with Crippen molar-refractivity contribution < 1.29 is 19.5 Å². The first-order valence-electron chi connectivity index (χ1n) is 5.35. The lowest BCUT2D eigenvalue weighted by atomic mass is 10.1. The number of hydrogen-bond acceptors (Lipinski definition) is 3. The lowest BCUT2D eigenvalue weighted by Crippen LogP contribution is -2.62. The van der Waals surface area contributed by atoms with Gasteiger partial charge in [0.1, 0.15) is 11.6 Å². The fraction of sp³-hybridized carbons (Fsp3) is 0.700. The molecule has 0 aromatic carbocycles. The minimum atomic E-state index is -1.36. The van der Waals surface area contributed by atoms with E-state index in [4.69, 9.17) is 5.11 Å². The number of carbonyl (C=O) groups excluding carboxylic acids is 2.